The lowest BCUT2D eigenvalue weighted by atomic mass is 9.60. The van der Waals surface area contributed by atoms with Crippen molar-refractivity contribution < 1.29 is 4.79 Å². The highest BCUT2D eigenvalue weighted by molar-refractivity contribution is 5.52. The Morgan fingerprint density at radius 1 is 1.29 bits per heavy atom. The molecule has 0 atom stereocenters. The minimum absolute atomic E-state index is 0.607. The molecule has 1 heterocycles. The molecule has 3 rings (SSSR count). The molecule has 0 bridgehead atoms. The second kappa shape index (κ2) is 3.04. The third-order valence-electron chi connectivity index (χ3n) is 3.86. The highest BCUT2D eigenvalue weighted by Crippen LogP contribution is 2.48. The zero-order valence-corrected chi connectivity index (χ0v) is 8.54. The molecular formula is C11H18N2O. The van der Waals surface area contributed by atoms with Gasteiger partial charge in [0.2, 0.25) is 0 Å². The molecule has 0 radical (unpaired) electrons. The molecule has 3 fully saturated rings. The average molecular weight is 194 g/mol. The van der Waals surface area contributed by atoms with Gasteiger partial charge in [-0.05, 0) is 31.1 Å². The highest BCUT2D eigenvalue weighted by Gasteiger charge is 2.52. The largest absolute Gasteiger partial charge is 0.311 e. The topological polar surface area (TPSA) is 32.3 Å². The van der Waals surface area contributed by atoms with E-state index in [1.165, 1.54) is 25.7 Å². The SMILES string of the molecule is O=CCN1CC2(CC(NC3CC3)C2)C1. The van der Waals surface area contributed by atoms with Gasteiger partial charge in [-0.15, -0.1) is 0 Å². The van der Waals surface area contributed by atoms with Crippen LogP contribution in [0.3, 0.4) is 0 Å². The van der Waals surface area contributed by atoms with Crippen LogP contribution in [-0.2, 0) is 4.79 Å². The summed E-state index contributed by atoms with van der Waals surface area (Å²) in [5, 5.41) is 3.67. The van der Waals surface area contributed by atoms with E-state index in [9.17, 15) is 4.79 Å². The molecule has 1 spiro atoms. The van der Waals surface area contributed by atoms with Crippen LogP contribution in [-0.4, -0.2) is 42.9 Å². The molecule has 0 aromatic heterocycles. The van der Waals surface area contributed by atoms with E-state index in [-0.39, 0.29) is 0 Å². The number of carbonyl (C=O) groups excluding carboxylic acids is 1. The van der Waals surface area contributed by atoms with Crippen LogP contribution >= 0.6 is 0 Å². The number of rotatable bonds is 4. The van der Waals surface area contributed by atoms with E-state index >= 15 is 0 Å². The van der Waals surface area contributed by atoms with Crippen LogP contribution in [0.15, 0.2) is 0 Å². The molecule has 2 aliphatic carbocycles. The molecule has 0 aromatic rings. The van der Waals surface area contributed by atoms with Gasteiger partial charge in [0.25, 0.3) is 0 Å². The minimum Gasteiger partial charge on any atom is -0.311 e. The minimum atomic E-state index is 0.607. The molecule has 2 saturated carbocycles. The number of hydrogen-bond donors (Lipinski definition) is 1. The predicted octanol–water partition coefficient (Wildman–Crippen LogP) is 0.402. The first-order chi connectivity index (χ1) is 6.80. The average Bonchev–Trinajstić information content (AvgIpc) is 2.80. The second-order valence-electron chi connectivity index (χ2n) is 5.38. The number of carbonyl (C=O) groups is 1. The fraction of sp³-hybridized carbons (Fsp3) is 0.909. The summed E-state index contributed by atoms with van der Waals surface area (Å²) in [6, 6.07) is 1.64. The lowest BCUT2D eigenvalue weighted by Crippen LogP contribution is -2.66. The number of aldehydes is 1. The molecule has 1 saturated heterocycles. The van der Waals surface area contributed by atoms with Crippen LogP contribution in [0.2, 0.25) is 0 Å². The van der Waals surface area contributed by atoms with Crippen LogP contribution < -0.4 is 5.32 Å². The van der Waals surface area contributed by atoms with Crippen molar-refractivity contribution in [2.45, 2.75) is 37.8 Å². The summed E-state index contributed by atoms with van der Waals surface area (Å²) in [4.78, 5) is 12.5. The Balaban J connectivity index is 1.39. The lowest BCUT2D eigenvalue weighted by molar-refractivity contribution is -0.117. The van der Waals surface area contributed by atoms with E-state index in [4.69, 9.17) is 0 Å². The van der Waals surface area contributed by atoms with Crippen molar-refractivity contribution in [1.82, 2.24) is 10.2 Å². The van der Waals surface area contributed by atoms with Gasteiger partial charge in [-0.2, -0.15) is 0 Å². The molecule has 14 heavy (non-hydrogen) atoms. The van der Waals surface area contributed by atoms with Crippen molar-refractivity contribution in [2.75, 3.05) is 19.6 Å². The second-order valence-corrected chi connectivity index (χ2v) is 5.38. The summed E-state index contributed by atoms with van der Waals surface area (Å²) < 4.78 is 0. The van der Waals surface area contributed by atoms with Crippen LogP contribution in [0.25, 0.3) is 0 Å². The van der Waals surface area contributed by atoms with Gasteiger partial charge in [-0.1, -0.05) is 0 Å². The van der Waals surface area contributed by atoms with Gasteiger partial charge in [0.05, 0.1) is 6.54 Å². The molecule has 0 amide bonds. The van der Waals surface area contributed by atoms with Gasteiger partial charge < -0.3 is 10.1 Å². The molecule has 3 aliphatic rings. The highest BCUT2D eigenvalue weighted by atomic mass is 16.1. The van der Waals surface area contributed by atoms with E-state index < -0.39 is 0 Å². The number of hydrogen-bond acceptors (Lipinski definition) is 3. The summed E-state index contributed by atoms with van der Waals surface area (Å²) in [5.74, 6) is 0. The van der Waals surface area contributed by atoms with E-state index in [1.54, 1.807) is 0 Å². The maximum atomic E-state index is 10.3. The molecule has 3 nitrogen and oxygen atoms in total. The van der Waals surface area contributed by atoms with Crippen LogP contribution in [0.5, 0.6) is 0 Å². The first-order valence-corrected chi connectivity index (χ1v) is 5.72. The maximum absolute atomic E-state index is 10.3. The van der Waals surface area contributed by atoms with Gasteiger partial charge >= 0.3 is 0 Å². The summed E-state index contributed by atoms with van der Waals surface area (Å²) >= 11 is 0. The van der Waals surface area contributed by atoms with Gasteiger partial charge in [-0.25, -0.2) is 0 Å². The Bertz CT molecular complexity index is 236. The summed E-state index contributed by atoms with van der Waals surface area (Å²) in [6.07, 6.45) is 6.49. The fourth-order valence-electron chi connectivity index (χ4n) is 3.08. The Morgan fingerprint density at radius 2 is 2.00 bits per heavy atom. The standard InChI is InChI=1S/C11H18N2O/c14-4-3-13-7-11(8-13)5-10(6-11)12-9-1-2-9/h4,9-10,12H,1-3,5-8H2. The maximum Gasteiger partial charge on any atom is 0.133 e. The molecule has 1 N–H and O–H groups in total. The molecule has 1 aliphatic heterocycles. The van der Waals surface area contributed by atoms with Crippen molar-refractivity contribution in [3.05, 3.63) is 0 Å². The predicted molar refractivity (Wildman–Crippen MR) is 54.1 cm³/mol. The van der Waals surface area contributed by atoms with Crippen molar-refractivity contribution in [2.24, 2.45) is 5.41 Å². The van der Waals surface area contributed by atoms with Crippen molar-refractivity contribution in [3.63, 3.8) is 0 Å². The summed E-state index contributed by atoms with van der Waals surface area (Å²) in [7, 11) is 0. The zero-order valence-electron chi connectivity index (χ0n) is 8.54. The van der Waals surface area contributed by atoms with E-state index in [0.29, 0.717) is 12.0 Å². The fourth-order valence-corrected chi connectivity index (χ4v) is 3.08. The monoisotopic (exact) mass is 194 g/mol. The Labute approximate surface area is 84.8 Å². The Morgan fingerprint density at radius 3 is 2.57 bits per heavy atom. The number of nitrogens with zero attached hydrogens (tertiary/aromatic N) is 1. The number of likely N-dealkylation sites (tertiary alicyclic amines) is 1. The Hall–Kier alpha value is -0.410. The quantitative estimate of drug-likeness (QED) is 0.658. The van der Waals surface area contributed by atoms with Gasteiger partial charge in [-0.3, -0.25) is 4.90 Å². The normalized spacial score (nSPS) is 31.1. The molecular weight excluding hydrogens is 176 g/mol. The van der Waals surface area contributed by atoms with Gasteiger partial charge in [0.15, 0.2) is 0 Å². The molecule has 0 aromatic carbocycles. The molecule has 3 heteroatoms. The lowest BCUT2D eigenvalue weighted by Gasteiger charge is -2.59. The number of nitrogens with one attached hydrogen (secondary N) is 1. The molecule has 78 valence electrons. The van der Waals surface area contributed by atoms with E-state index in [2.05, 4.69) is 10.2 Å². The third kappa shape index (κ3) is 1.48. The summed E-state index contributed by atoms with van der Waals surface area (Å²) in [6.45, 7) is 2.96. The first-order valence-electron chi connectivity index (χ1n) is 5.72. The van der Waals surface area contributed by atoms with Crippen molar-refractivity contribution in [3.8, 4) is 0 Å². The molecule has 0 unspecified atom stereocenters. The van der Waals surface area contributed by atoms with Crippen LogP contribution in [0.4, 0.5) is 0 Å². The third-order valence-corrected chi connectivity index (χ3v) is 3.86. The van der Waals surface area contributed by atoms with E-state index in [1.807, 2.05) is 0 Å². The first kappa shape index (κ1) is 8.86. The van der Waals surface area contributed by atoms with Crippen LogP contribution in [0.1, 0.15) is 25.7 Å². The van der Waals surface area contributed by atoms with Crippen LogP contribution in [0, 0.1) is 5.41 Å². The van der Waals surface area contributed by atoms with Crippen molar-refractivity contribution in [1.29, 1.82) is 0 Å². The summed E-state index contributed by atoms with van der Waals surface area (Å²) in [5.41, 5.74) is 0.607. The zero-order chi connectivity index (χ0) is 9.60. The van der Waals surface area contributed by atoms with E-state index in [0.717, 1.165) is 31.5 Å². The van der Waals surface area contributed by atoms with Gasteiger partial charge in [0.1, 0.15) is 6.29 Å². The smallest absolute Gasteiger partial charge is 0.133 e. The Kier molecular flexibility index (Phi) is 1.92. The van der Waals surface area contributed by atoms with Crippen molar-refractivity contribution >= 4 is 6.29 Å². The van der Waals surface area contributed by atoms with Gasteiger partial charge in [0, 0.05) is 25.2 Å².